The normalized spacial score (nSPS) is 11.4. The summed E-state index contributed by atoms with van der Waals surface area (Å²) in [5, 5.41) is 1.15. The van der Waals surface area contributed by atoms with Gasteiger partial charge >= 0.3 is 5.69 Å². The average Bonchev–Trinajstić information content (AvgIpc) is 3.47. The SMILES string of the molecule is CCN(CC)CCN(C(=O)Cn1cnc2c1c(=O)n(C)c(=O)n2C)c1nc2c(C)ccc(Cl)c2s1.Cl. The Bertz CT molecular complexity index is 1500. The second kappa shape index (κ2) is 11.1. The van der Waals surface area contributed by atoms with E-state index in [4.69, 9.17) is 16.6 Å². The molecule has 0 aliphatic heterocycles. The molecule has 0 saturated heterocycles. The lowest BCUT2D eigenvalue weighted by molar-refractivity contribution is -0.119. The molecule has 0 bridgehead atoms. The molecule has 4 aromatic rings. The molecule has 0 aliphatic carbocycles. The third-order valence-corrected chi connectivity index (χ3v) is 7.81. The van der Waals surface area contributed by atoms with Crippen LogP contribution >= 0.6 is 35.3 Å². The monoisotopic (exact) mass is 553 g/mol. The van der Waals surface area contributed by atoms with Crippen LogP contribution < -0.4 is 16.1 Å². The second-order valence-electron chi connectivity index (χ2n) is 8.36. The summed E-state index contributed by atoms with van der Waals surface area (Å²) in [5.74, 6) is -0.236. The zero-order valence-corrected chi connectivity index (χ0v) is 23.2. The van der Waals surface area contributed by atoms with Crippen molar-refractivity contribution >= 4 is 67.8 Å². The van der Waals surface area contributed by atoms with E-state index >= 15 is 0 Å². The van der Waals surface area contributed by atoms with Crippen molar-refractivity contribution in [3.05, 3.63) is 49.9 Å². The van der Waals surface area contributed by atoms with Crippen molar-refractivity contribution in [2.75, 3.05) is 31.1 Å². The molecule has 194 valence electrons. The maximum atomic E-state index is 13.7. The summed E-state index contributed by atoms with van der Waals surface area (Å²) in [6, 6.07) is 3.74. The lowest BCUT2D eigenvalue weighted by Crippen LogP contribution is -2.41. The zero-order chi connectivity index (χ0) is 25.4. The molecule has 3 aromatic heterocycles. The number of hydrogen-bond acceptors (Lipinski definition) is 7. The van der Waals surface area contributed by atoms with Crippen LogP contribution in [-0.4, -0.2) is 60.7 Å². The molecular formula is C23H29Cl2N7O3S. The van der Waals surface area contributed by atoms with Gasteiger partial charge in [-0.1, -0.05) is 42.9 Å². The van der Waals surface area contributed by atoms with Crippen molar-refractivity contribution in [3.63, 3.8) is 0 Å². The number of imidazole rings is 1. The predicted octanol–water partition coefficient (Wildman–Crippen LogP) is 2.80. The summed E-state index contributed by atoms with van der Waals surface area (Å²) in [4.78, 5) is 51.6. The van der Waals surface area contributed by atoms with Crippen LogP contribution in [0.2, 0.25) is 5.02 Å². The topological polar surface area (TPSA) is 98.3 Å². The molecular weight excluding hydrogens is 525 g/mol. The van der Waals surface area contributed by atoms with Gasteiger partial charge in [-0.25, -0.2) is 14.8 Å². The highest BCUT2D eigenvalue weighted by atomic mass is 35.5. The number of thiazole rings is 1. The lowest BCUT2D eigenvalue weighted by atomic mass is 10.2. The van der Waals surface area contributed by atoms with Crippen molar-refractivity contribution in [2.45, 2.75) is 27.3 Å². The van der Waals surface area contributed by atoms with Gasteiger partial charge in [0.15, 0.2) is 16.3 Å². The minimum absolute atomic E-state index is 0. The molecule has 0 fully saturated rings. The van der Waals surface area contributed by atoms with Crippen LogP contribution in [0.1, 0.15) is 19.4 Å². The summed E-state index contributed by atoms with van der Waals surface area (Å²) in [6.07, 6.45) is 1.42. The van der Waals surface area contributed by atoms with Crippen LogP contribution in [0.25, 0.3) is 21.4 Å². The lowest BCUT2D eigenvalue weighted by Gasteiger charge is -2.25. The van der Waals surface area contributed by atoms with E-state index in [1.165, 1.54) is 33.8 Å². The van der Waals surface area contributed by atoms with Gasteiger partial charge in [0.25, 0.3) is 5.56 Å². The van der Waals surface area contributed by atoms with E-state index in [9.17, 15) is 14.4 Å². The second-order valence-corrected chi connectivity index (χ2v) is 9.75. The summed E-state index contributed by atoms with van der Waals surface area (Å²) >= 11 is 7.80. The number of fused-ring (bicyclic) bond motifs is 2. The van der Waals surface area contributed by atoms with E-state index in [-0.39, 0.29) is 36.0 Å². The first-order valence-corrected chi connectivity index (χ1v) is 12.6. The first-order chi connectivity index (χ1) is 16.7. The Labute approximate surface area is 223 Å². The Hall–Kier alpha value is -2.73. The van der Waals surface area contributed by atoms with Crippen molar-refractivity contribution < 1.29 is 4.79 Å². The summed E-state index contributed by atoms with van der Waals surface area (Å²) in [5.41, 5.74) is 1.23. The summed E-state index contributed by atoms with van der Waals surface area (Å²) < 4.78 is 4.64. The average molecular weight is 555 g/mol. The summed E-state index contributed by atoms with van der Waals surface area (Å²) in [6.45, 7) is 8.82. The molecule has 10 nitrogen and oxygen atoms in total. The number of rotatable bonds is 8. The van der Waals surface area contributed by atoms with Crippen LogP contribution in [0, 0.1) is 6.92 Å². The Kier molecular flexibility index (Phi) is 8.60. The Morgan fingerprint density at radius 3 is 2.44 bits per heavy atom. The van der Waals surface area contributed by atoms with Gasteiger partial charge in [-0.05, 0) is 31.6 Å². The van der Waals surface area contributed by atoms with Crippen LogP contribution in [0.15, 0.2) is 28.0 Å². The van der Waals surface area contributed by atoms with Crippen LogP contribution in [0.3, 0.4) is 0 Å². The fraction of sp³-hybridized carbons (Fsp3) is 0.435. The largest absolute Gasteiger partial charge is 0.332 e. The number of carbonyl (C=O) groups is 1. The van der Waals surface area contributed by atoms with E-state index in [0.717, 1.165) is 33.4 Å². The third kappa shape index (κ3) is 4.93. The Morgan fingerprint density at radius 1 is 1.11 bits per heavy atom. The third-order valence-electron chi connectivity index (χ3n) is 6.27. The molecule has 4 rings (SSSR count). The Balaban J connectivity index is 0.00000361. The van der Waals surface area contributed by atoms with Gasteiger partial charge in [-0.2, -0.15) is 0 Å². The molecule has 13 heteroatoms. The fourth-order valence-corrected chi connectivity index (χ4v) is 5.42. The molecule has 3 heterocycles. The van der Waals surface area contributed by atoms with Crippen LogP contribution in [0.4, 0.5) is 5.13 Å². The number of amides is 1. The quantitative estimate of drug-likeness (QED) is 0.332. The number of nitrogens with zero attached hydrogens (tertiary/aromatic N) is 7. The molecule has 36 heavy (non-hydrogen) atoms. The molecule has 0 atom stereocenters. The number of anilines is 1. The molecule has 0 saturated carbocycles. The molecule has 1 amide bonds. The van der Waals surface area contributed by atoms with E-state index < -0.39 is 11.2 Å². The highest BCUT2D eigenvalue weighted by Gasteiger charge is 2.24. The van der Waals surface area contributed by atoms with E-state index in [2.05, 4.69) is 23.7 Å². The number of hydrogen-bond donors (Lipinski definition) is 0. The van der Waals surface area contributed by atoms with Gasteiger partial charge in [0.2, 0.25) is 5.91 Å². The predicted molar refractivity (Wildman–Crippen MR) is 147 cm³/mol. The van der Waals surface area contributed by atoms with Crippen molar-refractivity contribution in [1.29, 1.82) is 0 Å². The van der Waals surface area contributed by atoms with Crippen LogP contribution in [-0.2, 0) is 25.4 Å². The van der Waals surface area contributed by atoms with Crippen molar-refractivity contribution in [1.82, 2.24) is 28.6 Å². The van der Waals surface area contributed by atoms with Gasteiger partial charge < -0.3 is 9.47 Å². The molecule has 0 aliphatic rings. The minimum Gasteiger partial charge on any atom is -0.315 e. The number of benzene rings is 1. The molecule has 1 aromatic carbocycles. The first kappa shape index (κ1) is 27.9. The van der Waals surface area contributed by atoms with Crippen molar-refractivity contribution in [2.24, 2.45) is 14.1 Å². The number of likely N-dealkylation sites (N-methyl/N-ethyl adjacent to an activating group) is 1. The van der Waals surface area contributed by atoms with Gasteiger partial charge in [0, 0.05) is 27.2 Å². The molecule has 0 radical (unpaired) electrons. The maximum Gasteiger partial charge on any atom is 0.332 e. The highest BCUT2D eigenvalue weighted by Crippen LogP contribution is 2.35. The van der Waals surface area contributed by atoms with Gasteiger partial charge in [-0.15, -0.1) is 12.4 Å². The minimum atomic E-state index is -0.495. The maximum absolute atomic E-state index is 13.7. The zero-order valence-electron chi connectivity index (χ0n) is 20.8. The number of halogens is 2. The highest BCUT2D eigenvalue weighted by molar-refractivity contribution is 7.23. The molecule has 0 unspecified atom stereocenters. The van der Waals surface area contributed by atoms with E-state index in [0.29, 0.717) is 23.2 Å². The first-order valence-electron chi connectivity index (χ1n) is 11.4. The van der Waals surface area contributed by atoms with Crippen molar-refractivity contribution in [3.8, 4) is 0 Å². The van der Waals surface area contributed by atoms with Gasteiger partial charge in [-0.3, -0.25) is 23.6 Å². The van der Waals surface area contributed by atoms with E-state index in [1.807, 2.05) is 19.1 Å². The fourth-order valence-electron chi connectivity index (χ4n) is 4.06. The summed E-state index contributed by atoms with van der Waals surface area (Å²) in [7, 11) is 2.96. The number of aromatic nitrogens is 5. The van der Waals surface area contributed by atoms with Crippen LogP contribution in [0.5, 0.6) is 0 Å². The van der Waals surface area contributed by atoms with Gasteiger partial charge in [0.1, 0.15) is 6.54 Å². The molecule has 0 N–H and O–H groups in total. The smallest absolute Gasteiger partial charge is 0.315 e. The van der Waals surface area contributed by atoms with E-state index in [1.54, 1.807) is 11.9 Å². The Morgan fingerprint density at radius 2 is 1.81 bits per heavy atom. The molecule has 0 spiro atoms. The number of carbonyl (C=O) groups excluding carboxylic acids is 1. The van der Waals surface area contributed by atoms with Gasteiger partial charge in [0.05, 0.1) is 21.6 Å². The standard InChI is InChI=1S/C23H28ClN7O3S.ClH/c1-6-29(7-2)10-11-31(22-26-17-14(3)8-9-15(24)19(17)35-22)16(32)12-30-13-25-20-18(30)21(33)28(5)23(34)27(20)4;/h8-9,13H,6-7,10-12H2,1-5H3;1H. The number of aryl methyl sites for hydroxylation is 2.